The van der Waals surface area contributed by atoms with E-state index < -0.39 is 12.5 Å². The molecule has 0 saturated carbocycles. The summed E-state index contributed by atoms with van der Waals surface area (Å²) in [4.78, 5) is 12.5. The van der Waals surface area contributed by atoms with Crippen molar-refractivity contribution in [3.8, 4) is 11.8 Å². The predicted octanol–water partition coefficient (Wildman–Crippen LogP) is 4.91. The number of nitriles is 1. The predicted molar refractivity (Wildman–Crippen MR) is 104 cm³/mol. The van der Waals surface area contributed by atoms with E-state index in [-0.39, 0.29) is 17.0 Å². The van der Waals surface area contributed by atoms with Gasteiger partial charge < -0.3 is 14.6 Å². The zero-order chi connectivity index (χ0) is 20.8. The van der Waals surface area contributed by atoms with Crippen molar-refractivity contribution in [2.75, 3.05) is 5.32 Å². The van der Waals surface area contributed by atoms with Crippen LogP contribution in [0.4, 0.5) is 14.5 Å². The number of anilines is 1. The van der Waals surface area contributed by atoms with Crippen LogP contribution < -0.4 is 10.1 Å². The van der Waals surface area contributed by atoms with Gasteiger partial charge in [0.1, 0.15) is 17.4 Å². The molecule has 1 heterocycles. The molecule has 0 unspecified atom stereocenters. The maximum Gasteiger partial charge on any atom is 0.387 e. The minimum Gasteiger partial charge on any atom is -0.433 e. The molecule has 0 bridgehead atoms. The number of para-hydroxylation sites is 2. The van der Waals surface area contributed by atoms with Crippen LogP contribution in [0.1, 0.15) is 30.8 Å². The number of hydrogen-bond donors (Lipinski definition) is 1. The molecule has 0 aliphatic rings. The summed E-state index contributed by atoms with van der Waals surface area (Å²) in [6.07, 6.45) is 1.51. The first-order valence-corrected chi connectivity index (χ1v) is 8.86. The lowest BCUT2D eigenvalue weighted by atomic mass is 10.1. The Morgan fingerprint density at radius 3 is 2.61 bits per heavy atom. The van der Waals surface area contributed by atoms with Gasteiger partial charge in [-0.1, -0.05) is 26.0 Å². The molecule has 0 fully saturated rings. The van der Waals surface area contributed by atoms with Crippen LogP contribution in [0.25, 0.3) is 6.08 Å². The van der Waals surface area contributed by atoms with Gasteiger partial charge >= 0.3 is 6.61 Å². The Bertz CT molecular complexity index is 924. The fourth-order valence-corrected chi connectivity index (χ4v) is 2.88. The minimum absolute atomic E-state index is 0.0687. The van der Waals surface area contributed by atoms with Gasteiger partial charge in [-0.25, -0.2) is 0 Å². The quantitative estimate of drug-likeness (QED) is 0.542. The number of carbonyl (C=O) groups is 1. The van der Waals surface area contributed by atoms with Crippen molar-refractivity contribution >= 4 is 17.7 Å². The number of nitrogens with one attached hydrogen (secondary N) is 1. The van der Waals surface area contributed by atoms with Crippen LogP contribution in [0.2, 0.25) is 0 Å². The van der Waals surface area contributed by atoms with Crippen molar-refractivity contribution in [1.82, 2.24) is 4.57 Å². The summed E-state index contributed by atoms with van der Waals surface area (Å²) < 4.78 is 31.6. The fourth-order valence-electron chi connectivity index (χ4n) is 2.88. The Morgan fingerprint density at radius 2 is 2.00 bits per heavy atom. The largest absolute Gasteiger partial charge is 0.433 e. The third-order valence-electron chi connectivity index (χ3n) is 4.18. The van der Waals surface area contributed by atoms with Crippen LogP contribution in [0, 0.1) is 31.1 Å². The van der Waals surface area contributed by atoms with Crippen molar-refractivity contribution in [3.05, 3.63) is 52.9 Å². The van der Waals surface area contributed by atoms with Crippen LogP contribution in [0.5, 0.6) is 5.75 Å². The van der Waals surface area contributed by atoms with Crippen molar-refractivity contribution in [3.63, 3.8) is 0 Å². The second-order valence-electron chi connectivity index (χ2n) is 6.83. The van der Waals surface area contributed by atoms with Crippen LogP contribution in [0.15, 0.2) is 35.9 Å². The number of amides is 1. The molecule has 1 N–H and O–H groups in total. The van der Waals surface area contributed by atoms with Crippen LogP contribution in [-0.2, 0) is 11.3 Å². The van der Waals surface area contributed by atoms with E-state index in [1.54, 1.807) is 6.07 Å². The van der Waals surface area contributed by atoms with Gasteiger partial charge in [0.05, 0.1) is 5.69 Å². The molecule has 0 radical (unpaired) electrons. The number of carbonyl (C=O) groups excluding carboxylic acids is 1. The third kappa shape index (κ3) is 5.19. The van der Waals surface area contributed by atoms with E-state index in [1.165, 1.54) is 24.3 Å². The Morgan fingerprint density at radius 1 is 1.32 bits per heavy atom. The lowest BCUT2D eigenvalue weighted by Crippen LogP contribution is -2.15. The minimum atomic E-state index is -3.02. The van der Waals surface area contributed by atoms with Gasteiger partial charge in [-0.3, -0.25) is 4.79 Å². The number of benzene rings is 1. The van der Waals surface area contributed by atoms with E-state index >= 15 is 0 Å². The van der Waals surface area contributed by atoms with E-state index in [0.717, 1.165) is 23.5 Å². The number of nitrogens with zero attached hydrogens (tertiary/aromatic N) is 2. The molecular formula is C21H23F2N3O2. The van der Waals surface area contributed by atoms with Crippen LogP contribution >= 0.6 is 0 Å². The standard InChI is InChI=1S/C21H23F2N3O2/c1-13(2)12-26-14(3)9-16(15(26)4)10-17(11-24)20(27)25-18-7-5-6-8-19(18)28-21(22)23/h5-10,13,21H,12H2,1-4H3,(H,25,27)/b17-10+. The van der Waals surface area contributed by atoms with Crippen molar-refractivity contribution in [2.45, 2.75) is 40.9 Å². The van der Waals surface area contributed by atoms with Crippen molar-refractivity contribution in [2.24, 2.45) is 5.92 Å². The highest BCUT2D eigenvalue weighted by atomic mass is 19.3. The summed E-state index contributed by atoms with van der Waals surface area (Å²) in [6.45, 7) is 5.94. The van der Waals surface area contributed by atoms with E-state index in [9.17, 15) is 18.8 Å². The monoisotopic (exact) mass is 387 g/mol. The summed E-state index contributed by atoms with van der Waals surface area (Å²) in [6, 6.07) is 9.62. The first-order valence-electron chi connectivity index (χ1n) is 8.86. The molecule has 0 atom stereocenters. The molecule has 0 spiro atoms. The summed E-state index contributed by atoms with van der Waals surface area (Å²) in [5, 5.41) is 11.9. The highest BCUT2D eigenvalue weighted by Crippen LogP contribution is 2.26. The van der Waals surface area contributed by atoms with Gasteiger partial charge in [0.15, 0.2) is 0 Å². The molecule has 5 nitrogen and oxygen atoms in total. The van der Waals surface area contributed by atoms with Crippen molar-refractivity contribution in [1.29, 1.82) is 5.26 Å². The Hall–Kier alpha value is -3.14. The maximum atomic E-state index is 12.5. The number of alkyl halides is 2. The average Bonchev–Trinajstić information content (AvgIpc) is 2.87. The van der Waals surface area contributed by atoms with Gasteiger partial charge in [0.2, 0.25) is 0 Å². The summed E-state index contributed by atoms with van der Waals surface area (Å²) >= 11 is 0. The van der Waals surface area contributed by atoms with E-state index in [1.807, 2.05) is 26.0 Å². The smallest absolute Gasteiger partial charge is 0.387 e. The van der Waals surface area contributed by atoms with E-state index in [0.29, 0.717) is 5.92 Å². The normalized spacial score (nSPS) is 11.6. The van der Waals surface area contributed by atoms with Gasteiger partial charge in [-0.2, -0.15) is 14.0 Å². The van der Waals surface area contributed by atoms with Gasteiger partial charge in [-0.15, -0.1) is 0 Å². The van der Waals surface area contributed by atoms with Crippen LogP contribution in [-0.4, -0.2) is 17.1 Å². The van der Waals surface area contributed by atoms with E-state index in [2.05, 4.69) is 28.5 Å². The first kappa shape index (κ1) is 21.2. The molecule has 1 aromatic heterocycles. The molecule has 2 rings (SSSR count). The summed E-state index contributed by atoms with van der Waals surface area (Å²) in [7, 11) is 0. The number of ether oxygens (including phenoxy) is 1. The summed E-state index contributed by atoms with van der Waals surface area (Å²) in [5.74, 6) is -0.411. The van der Waals surface area contributed by atoms with Gasteiger partial charge in [-0.05, 0) is 49.6 Å². The first-order chi connectivity index (χ1) is 13.2. The lowest BCUT2D eigenvalue weighted by molar-refractivity contribution is -0.112. The lowest BCUT2D eigenvalue weighted by Gasteiger charge is -2.12. The Labute approximate surface area is 163 Å². The highest BCUT2D eigenvalue weighted by molar-refractivity contribution is 6.10. The van der Waals surface area contributed by atoms with Crippen LogP contribution in [0.3, 0.4) is 0 Å². The zero-order valence-electron chi connectivity index (χ0n) is 16.3. The summed E-state index contributed by atoms with van der Waals surface area (Å²) in [5.41, 5.74) is 2.69. The van der Waals surface area contributed by atoms with Gasteiger partial charge in [0, 0.05) is 17.9 Å². The number of halogens is 2. The molecule has 28 heavy (non-hydrogen) atoms. The molecule has 0 aliphatic heterocycles. The van der Waals surface area contributed by atoms with Gasteiger partial charge in [0.25, 0.3) is 5.91 Å². The Balaban J connectivity index is 2.29. The zero-order valence-corrected chi connectivity index (χ0v) is 16.3. The number of rotatable bonds is 7. The number of aromatic nitrogens is 1. The molecular weight excluding hydrogens is 364 g/mol. The molecule has 7 heteroatoms. The molecule has 0 aliphatic carbocycles. The molecule has 1 aromatic carbocycles. The average molecular weight is 387 g/mol. The molecule has 0 saturated heterocycles. The fraction of sp³-hybridized carbons (Fsp3) is 0.333. The molecule has 1 amide bonds. The SMILES string of the molecule is Cc1cc(/C=C(\C#N)C(=O)Nc2ccccc2OC(F)F)c(C)n1CC(C)C. The third-order valence-corrected chi connectivity index (χ3v) is 4.18. The maximum absolute atomic E-state index is 12.5. The number of aryl methyl sites for hydroxylation is 1. The molecule has 2 aromatic rings. The van der Waals surface area contributed by atoms with Crippen molar-refractivity contribution < 1.29 is 18.3 Å². The van der Waals surface area contributed by atoms with E-state index in [4.69, 9.17) is 0 Å². The number of hydrogen-bond acceptors (Lipinski definition) is 3. The molecule has 148 valence electrons. The second kappa shape index (κ2) is 9.18. The highest BCUT2D eigenvalue weighted by Gasteiger charge is 2.16. The Kier molecular flexibility index (Phi) is 6.94. The topological polar surface area (TPSA) is 67.1 Å². The second-order valence-corrected chi connectivity index (χ2v) is 6.83.